The molecule has 2 amide bonds. The van der Waals surface area contributed by atoms with Gasteiger partial charge in [-0.3, -0.25) is 14.5 Å². The molecule has 1 saturated carbocycles. The molecule has 1 heterocycles. The van der Waals surface area contributed by atoms with E-state index in [1.165, 1.54) is 5.56 Å². The third-order valence-electron chi connectivity index (χ3n) is 5.67. The minimum atomic E-state index is -0.0338. The van der Waals surface area contributed by atoms with Crippen LogP contribution in [0.15, 0.2) is 42.5 Å². The van der Waals surface area contributed by atoms with Crippen LogP contribution >= 0.6 is 11.8 Å². The smallest absolute Gasteiger partial charge is 0.238 e. The van der Waals surface area contributed by atoms with E-state index in [1.54, 1.807) is 11.8 Å². The lowest BCUT2D eigenvalue weighted by Crippen LogP contribution is -2.28. The monoisotopic (exact) mass is 394 g/mol. The quantitative estimate of drug-likeness (QED) is 0.774. The molecule has 0 bridgehead atoms. The molecule has 0 spiro atoms. The Morgan fingerprint density at radius 2 is 1.79 bits per heavy atom. The molecule has 1 aliphatic heterocycles. The summed E-state index contributed by atoms with van der Waals surface area (Å²) in [5.41, 5.74) is 5.19. The van der Waals surface area contributed by atoms with Crippen LogP contribution in [0.25, 0.3) is 0 Å². The second kappa shape index (κ2) is 8.00. The molecular weight excluding hydrogens is 368 g/mol. The van der Waals surface area contributed by atoms with Gasteiger partial charge in [-0.1, -0.05) is 42.7 Å². The van der Waals surface area contributed by atoms with Gasteiger partial charge >= 0.3 is 0 Å². The van der Waals surface area contributed by atoms with Crippen LogP contribution in [0, 0.1) is 19.8 Å². The largest absolute Gasteiger partial charge is 0.326 e. The molecule has 5 heteroatoms. The molecule has 4 nitrogen and oxygen atoms in total. The molecule has 4 rings (SSSR count). The summed E-state index contributed by atoms with van der Waals surface area (Å²) >= 11 is 1.65. The number of carbonyl (C=O) groups is 2. The van der Waals surface area contributed by atoms with Crippen LogP contribution in [0.2, 0.25) is 0 Å². The Labute approximate surface area is 170 Å². The highest BCUT2D eigenvalue weighted by Crippen LogP contribution is 2.43. The minimum absolute atomic E-state index is 0.0338. The number of thioether (sulfide) groups is 1. The highest BCUT2D eigenvalue weighted by Gasteiger charge is 2.34. The standard InChI is InChI=1S/C23H26N2O2S/c1-15-7-12-20(16(2)13-15)25-21(26)14-28-23(25)18-8-10-19(11-9-18)24-22(27)17-5-3-4-6-17/h7-13,17,23H,3-6,14H2,1-2H3,(H,24,27)/t23-/m1/s1. The summed E-state index contributed by atoms with van der Waals surface area (Å²) in [6.45, 7) is 4.12. The van der Waals surface area contributed by atoms with Crippen molar-refractivity contribution in [3.8, 4) is 0 Å². The zero-order chi connectivity index (χ0) is 19.7. The summed E-state index contributed by atoms with van der Waals surface area (Å²) < 4.78 is 0. The number of nitrogens with zero attached hydrogens (tertiary/aromatic N) is 1. The Morgan fingerprint density at radius 3 is 2.46 bits per heavy atom. The van der Waals surface area contributed by atoms with E-state index in [-0.39, 0.29) is 23.1 Å². The predicted octanol–water partition coefficient (Wildman–Crippen LogP) is 5.21. The van der Waals surface area contributed by atoms with Crippen molar-refractivity contribution in [1.82, 2.24) is 0 Å². The molecule has 2 aromatic rings. The minimum Gasteiger partial charge on any atom is -0.326 e. The Morgan fingerprint density at radius 1 is 1.07 bits per heavy atom. The van der Waals surface area contributed by atoms with Crippen molar-refractivity contribution in [2.24, 2.45) is 5.92 Å². The first-order chi connectivity index (χ1) is 13.5. The van der Waals surface area contributed by atoms with E-state index < -0.39 is 0 Å². The normalized spacial score (nSPS) is 20.0. The Bertz CT molecular complexity index is 888. The van der Waals surface area contributed by atoms with Crippen molar-refractivity contribution in [2.75, 3.05) is 16.0 Å². The van der Waals surface area contributed by atoms with Crippen molar-refractivity contribution in [2.45, 2.75) is 44.9 Å². The van der Waals surface area contributed by atoms with Crippen molar-refractivity contribution >= 4 is 35.0 Å². The molecule has 1 N–H and O–H groups in total. The Kier molecular flexibility index (Phi) is 5.44. The van der Waals surface area contributed by atoms with E-state index in [1.807, 2.05) is 35.2 Å². The number of aryl methyl sites for hydroxylation is 2. The molecule has 2 aromatic carbocycles. The van der Waals surface area contributed by atoms with Gasteiger partial charge in [0.05, 0.1) is 5.75 Å². The summed E-state index contributed by atoms with van der Waals surface area (Å²) in [6.07, 6.45) is 4.29. The van der Waals surface area contributed by atoms with Crippen molar-refractivity contribution in [3.63, 3.8) is 0 Å². The average molecular weight is 395 g/mol. The number of hydrogen-bond acceptors (Lipinski definition) is 3. The van der Waals surface area contributed by atoms with Crippen molar-refractivity contribution in [1.29, 1.82) is 0 Å². The highest BCUT2D eigenvalue weighted by atomic mass is 32.2. The maximum atomic E-state index is 12.6. The zero-order valence-corrected chi connectivity index (χ0v) is 17.2. The van der Waals surface area contributed by atoms with Gasteiger partial charge in [0.1, 0.15) is 5.37 Å². The van der Waals surface area contributed by atoms with E-state index in [0.29, 0.717) is 5.75 Å². The van der Waals surface area contributed by atoms with Crippen LogP contribution in [-0.4, -0.2) is 17.6 Å². The molecule has 2 aliphatic rings. The van der Waals surface area contributed by atoms with E-state index in [4.69, 9.17) is 0 Å². The molecule has 1 saturated heterocycles. The summed E-state index contributed by atoms with van der Waals surface area (Å²) in [5.74, 6) is 0.911. The molecule has 0 unspecified atom stereocenters. The van der Waals surface area contributed by atoms with Gasteiger partial charge in [0, 0.05) is 17.3 Å². The van der Waals surface area contributed by atoms with Crippen LogP contribution < -0.4 is 10.2 Å². The molecule has 1 aliphatic carbocycles. The number of benzene rings is 2. The average Bonchev–Trinajstić information content (AvgIpc) is 3.33. The molecule has 0 aromatic heterocycles. The van der Waals surface area contributed by atoms with Gasteiger partial charge in [-0.05, 0) is 56.0 Å². The first-order valence-electron chi connectivity index (χ1n) is 9.94. The summed E-state index contributed by atoms with van der Waals surface area (Å²) in [5, 5.41) is 3.01. The van der Waals surface area contributed by atoms with Crippen LogP contribution in [0.3, 0.4) is 0 Å². The summed E-state index contributed by atoms with van der Waals surface area (Å²) in [7, 11) is 0. The molecule has 28 heavy (non-hydrogen) atoms. The number of hydrogen-bond donors (Lipinski definition) is 1. The van der Waals surface area contributed by atoms with E-state index in [0.717, 1.165) is 48.2 Å². The SMILES string of the molecule is Cc1ccc(N2C(=O)CS[C@@H]2c2ccc(NC(=O)C3CCCC3)cc2)c(C)c1. The van der Waals surface area contributed by atoms with Gasteiger partial charge in [-0.25, -0.2) is 0 Å². The lowest BCUT2D eigenvalue weighted by atomic mass is 10.1. The van der Waals surface area contributed by atoms with Gasteiger partial charge in [0.15, 0.2) is 0 Å². The van der Waals surface area contributed by atoms with Crippen molar-refractivity contribution in [3.05, 3.63) is 59.2 Å². The van der Waals surface area contributed by atoms with Gasteiger partial charge in [-0.15, -0.1) is 11.8 Å². The zero-order valence-electron chi connectivity index (χ0n) is 16.4. The maximum Gasteiger partial charge on any atom is 0.238 e. The number of carbonyl (C=O) groups excluding carboxylic acids is 2. The summed E-state index contributed by atoms with van der Waals surface area (Å²) in [4.78, 5) is 26.8. The number of rotatable bonds is 4. The fraction of sp³-hybridized carbons (Fsp3) is 0.391. The Balaban J connectivity index is 1.52. The van der Waals surface area contributed by atoms with Crippen LogP contribution in [0.5, 0.6) is 0 Å². The second-order valence-corrected chi connectivity index (χ2v) is 8.88. The lowest BCUT2D eigenvalue weighted by Gasteiger charge is -2.26. The Hall–Kier alpha value is -2.27. The third-order valence-corrected chi connectivity index (χ3v) is 6.88. The molecular formula is C23H26N2O2S. The molecule has 2 fully saturated rings. The maximum absolute atomic E-state index is 12.6. The van der Waals surface area contributed by atoms with Gasteiger partial charge in [0.25, 0.3) is 0 Å². The first kappa shape index (κ1) is 19.1. The predicted molar refractivity (Wildman–Crippen MR) is 116 cm³/mol. The van der Waals surface area contributed by atoms with E-state index in [9.17, 15) is 9.59 Å². The third kappa shape index (κ3) is 3.81. The van der Waals surface area contributed by atoms with Crippen LogP contribution in [-0.2, 0) is 9.59 Å². The van der Waals surface area contributed by atoms with Gasteiger partial charge < -0.3 is 5.32 Å². The second-order valence-electron chi connectivity index (χ2n) is 7.81. The van der Waals surface area contributed by atoms with Crippen LogP contribution in [0.1, 0.15) is 47.7 Å². The van der Waals surface area contributed by atoms with E-state index in [2.05, 4.69) is 31.3 Å². The van der Waals surface area contributed by atoms with E-state index >= 15 is 0 Å². The van der Waals surface area contributed by atoms with Gasteiger partial charge in [0.2, 0.25) is 11.8 Å². The number of anilines is 2. The topological polar surface area (TPSA) is 49.4 Å². The summed E-state index contributed by atoms with van der Waals surface area (Å²) in [6, 6.07) is 14.2. The first-order valence-corrected chi connectivity index (χ1v) is 11.0. The molecule has 0 radical (unpaired) electrons. The van der Waals surface area contributed by atoms with Crippen molar-refractivity contribution < 1.29 is 9.59 Å². The number of amides is 2. The molecule has 1 atom stereocenters. The fourth-order valence-electron chi connectivity index (χ4n) is 4.17. The molecule has 146 valence electrons. The fourth-order valence-corrected chi connectivity index (χ4v) is 5.34. The lowest BCUT2D eigenvalue weighted by molar-refractivity contribution is -0.119. The van der Waals surface area contributed by atoms with Gasteiger partial charge in [-0.2, -0.15) is 0 Å². The number of nitrogens with one attached hydrogen (secondary N) is 1. The van der Waals surface area contributed by atoms with Crippen LogP contribution in [0.4, 0.5) is 11.4 Å². The highest BCUT2D eigenvalue weighted by molar-refractivity contribution is 8.00.